The lowest BCUT2D eigenvalue weighted by Gasteiger charge is -2.30. The molecule has 118 valence electrons. The van der Waals surface area contributed by atoms with Crippen LogP contribution in [0.1, 0.15) is 74.1 Å². The Morgan fingerprint density at radius 3 is 2.10 bits per heavy atom. The summed E-state index contributed by atoms with van der Waals surface area (Å²) >= 11 is 0. The van der Waals surface area contributed by atoms with Gasteiger partial charge in [-0.3, -0.25) is 0 Å². The van der Waals surface area contributed by atoms with E-state index in [4.69, 9.17) is 9.47 Å². The third kappa shape index (κ3) is 6.44. The maximum absolute atomic E-state index is 11.9. The zero-order chi connectivity index (χ0) is 15.8. The molecule has 0 aliphatic rings. The van der Waals surface area contributed by atoms with Gasteiger partial charge in [0.15, 0.2) is 0 Å². The Bertz CT molecular complexity index is 318. The summed E-state index contributed by atoms with van der Waals surface area (Å²) in [5, 5.41) is 0. The summed E-state index contributed by atoms with van der Waals surface area (Å²) in [5.41, 5.74) is -0.360. The number of allylic oxidation sites excluding steroid dienone is 2. The predicted molar refractivity (Wildman–Crippen MR) is 83.8 cm³/mol. The van der Waals surface area contributed by atoms with Crippen LogP contribution < -0.4 is 0 Å². The van der Waals surface area contributed by atoms with Crippen LogP contribution in [0.5, 0.6) is 0 Å². The van der Waals surface area contributed by atoms with Gasteiger partial charge < -0.3 is 9.47 Å². The highest BCUT2D eigenvalue weighted by atomic mass is 16.7. The summed E-state index contributed by atoms with van der Waals surface area (Å²) in [6.45, 7) is 14.2. The molecule has 0 fully saturated rings. The van der Waals surface area contributed by atoms with Crippen molar-refractivity contribution in [1.82, 2.24) is 0 Å². The number of hydrogen-bond acceptors (Lipinski definition) is 3. The molecular formula is C17H32O3. The molecule has 20 heavy (non-hydrogen) atoms. The highest BCUT2D eigenvalue weighted by Gasteiger charge is 2.28. The zero-order valence-corrected chi connectivity index (χ0v) is 14.3. The van der Waals surface area contributed by atoms with Crippen molar-refractivity contribution in [1.29, 1.82) is 0 Å². The van der Waals surface area contributed by atoms with Crippen LogP contribution in [-0.4, -0.2) is 17.9 Å². The molecule has 0 aliphatic carbocycles. The Morgan fingerprint density at radius 1 is 1.15 bits per heavy atom. The van der Waals surface area contributed by atoms with Gasteiger partial charge in [-0.05, 0) is 51.9 Å². The molecule has 3 nitrogen and oxygen atoms in total. The van der Waals surface area contributed by atoms with E-state index in [0.29, 0.717) is 0 Å². The van der Waals surface area contributed by atoms with E-state index in [2.05, 4.69) is 26.0 Å². The van der Waals surface area contributed by atoms with Gasteiger partial charge in [0.05, 0.1) is 0 Å². The minimum atomic E-state index is -0.553. The highest BCUT2D eigenvalue weighted by Crippen LogP contribution is 2.30. The molecule has 0 aromatic heterocycles. The minimum absolute atomic E-state index is 0.0628. The fourth-order valence-electron chi connectivity index (χ4n) is 2.21. The van der Waals surface area contributed by atoms with Crippen molar-refractivity contribution < 1.29 is 14.3 Å². The van der Waals surface area contributed by atoms with Gasteiger partial charge in [0.1, 0.15) is 11.7 Å². The van der Waals surface area contributed by atoms with Crippen molar-refractivity contribution in [3.05, 3.63) is 12.2 Å². The van der Waals surface area contributed by atoms with Crippen molar-refractivity contribution in [3.8, 4) is 0 Å². The first-order valence-corrected chi connectivity index (χ1v) is 7.77. The zero-order valence-electron chi connectivity index (χ0n) is 14.3. The highest BCUT2D eigenvalue weighted by molar-refractivity contribution is 5.60. The van der Waals surface area contributed by atoms with Crippen LogP contribution in [0.2, 0.25) is 0 Å². The van der Waals surface area contributed by atoms with Gasteiger partial charge in [-0.15, -0.1) is 0 Å². The van der Waals surface area contributed by atoms with Gasteiger partial charge >= 0.3 is 6.16 Å². The van der Waals surface area contributed by atoms with Crippen molar-refractivity contribution in [2.45, 2.75) is 85.9 Å². The molecule has 0 aromatic carbocycles. The molecule has 0 N–H and O–H groups in total. The smallest absolute Gasteiger partial charge is 0.431 e. The second kappa shape index (κ2) is 8.33. The van der Waals surface area contributed by atoms with E-state index in [1.54, 1.807) is 0 Å². The summed E-state index contributed by atoms with van der Waals surface area (Å²) in [4.78, 5) is 11.9. The SMILES string of the molecule is CC=CC(C)(CC)CC(C)OC(=O)OC(C)(CC)CC. The van der Waals surface area contributed by atoms with Crippen LogP contribution in [0, 0.1) is 5.41 Å². The third-order valence-electron chi connectivity index (χ3n) is 4.25. The molecule has 0 aliphatic heterocycles. The Hall–Kier alpha value is -0.990. The molecule has 0 heterocycles. The van der Waals surface area contributed by atoms with E-state index in [0.717, 1.165) is 25.7 Å². The van der Waals surface area contributed by atoms with E-state index in [9.17, 15) is 4.79 Å². The Balaban J connectivity index is 4.47. The quantitative estimate of drug-likeness (QED) is 0.437. The maximum Gasteiger partial charge on any atom is 0.509 e. The molecule has 0 spiro atoms. The van der Waals surface area contributed by atoms with Gasteiger partial charge in [0, 0.05) is 0 Å². The van der Waals surface area contributed by atoms with E-state index >= 15 is 0 Å². The lowest BCUT2D eigenvalue weighted by molar-refractivity contribution is -0.0474. The first-order valence-electron chi connectivity index (χ1n) is 7.77. The summed E-state index contributed by atoms with van der Waals surface area (Å²) in [6.07, 6.45) is 6.93. The number of hydrogen-bond donors (Lipinski definition) is 0. The van der Waals surface area contributed by atoms with Crippen LogP contribution in [0.4, 0.5) is 4.79 Å². The lowest BCUT2D eigenvalue weighted by atomic mass is 9.82. The summed E-state index contributed by atoms with van der Waals surface area (Å²) in [7, 11) is 0. The van der Waals surface area contributed by atoms with E-state index < -0.39 is 11.8 Å². The average molecular weight is 284 g/mol. The van der Waals surface area contributed by atoms with Crippen molar-refractivity contribution in [2.24, 2.45) is 5.41 Å². The standard InChI is InChI=1S/C17H32O3/c1-8-12-16(6,9-2)13-14(5)19-15(18)20-17(7,10-3)11-4/h8,12,14H,9-11,13H2,1-7H3. The van der Waals surface area contributed by atoms with E-state index in [1.165, 1.54) is 0 Å². The topological polar surface area (TPSA) is 35.5 Å². The fraction of sp³-hybridized carbons (Fsp3) is 0.824. The molecule has 2 unspecified atom stereocenters. The molecule has 2 atom stereocenters. The number of carbonyl (C=O) groups is 1. The fourth-order valence-corrected chi connectivity index (χ4v) is 2.21. The summed E-state index contributed by atoms with van der Waals surface area (Å²) < 4.78 is 10.8. The van der Waals surface area contributed by atoms with E-state index in [1.807, 2.05) is 34.6 Å². The molecule has 3 heteroatoms. The largest absolute Gasteiger partial charge is 0.509 e. The first-order chi connectivity index (χ1) is 9.24. The molecule has 0 bridgehead atoms. The van der Waals surface area contributed by atoms with Crippen molar-refractivity contribution >= 4 is 6.16 Å². The number of carbonyl (C=O) groups excluding carboxylic acids is 1. The van der Waals surface area contributed by atoms with Crippen LogP contribution in [0.3, 0.4) is 0 Å². The second-order valence-corrected chi connectivity index (χ2v) is 6.15. The summed E-state index contributed by atoms with van der Waals surface area (Å²) in [5.74, 6) is 0. The average Bonchev–Trinajstić information content (AvgIpc) is 2.38. The second-order valence-electron chi connectivity index (χ2n) is 6.15. The number of rotatable bonds is 8. The van der Waals surface area contributed by atoms with Gasteiger partial charge in [-0.25, -0.2) is 4.79 Å². The van der Waals surface area contributed by atoms with Crippen molar-refractivity contribution in [3.63, 3.8) is 0 Å². The molecule has 0 amide bonds. The van der Waals surface area contributed by atoms with Gasteiger partial charge in [0.25, 0.3) is 0 Å². The number of ether oxygens (including phenoxy) is 2. The van der Waals surface area contributed by atoms with Crippen LogP contribution in [-0.2, 0) is 9.47 Å². The minimum Gasteiger partial charge on any atom is -0.431 e. The molecular weight excluding hydrogens is 252 g/mol. The van der Waals surface area contributed by atoms with Crippen LogP contribution >= 0.6 is 0 Å². The van der Waals surface area contributed by atoms with Gasteiger partial charge in [-0.1, -0.05) is 39.8 Å². The molecule has 0 saturated heterocycles. The maximum atomic E-state index is 11.9. The van der Waals surface area contributed by atoms with Gasteiger partial charge in [-0.2, -0.15) is 0 Å². The van der Waals surface area contributed by atoms with Gasteiger partial charge in [0.2, 0.25) is 0 Å². The first kappa shape index (κ1) is 19.0. The molecule has 0 rings (SSSR count). The Morgan fingerprint density at radius 2 is 1.70 bits per heavy atom. The molecule has 0 saturated carbocycles. The third-order valence-corrected chi connectivity index (χ3v) is 4.25. The lowest BCUT2D eigenvalue weighted by Crippen LogP contribution is -2.32. The van der Waals surface area contributed by atoms with E-state index in [-0.39, 0.29) is 11.5 Å². The molecule has 0 aromatic rings. The Kier molecular flexibility index (Phi) is 7.92. The van der Waals surface area contributed by atoms with Crippen LogP contribution in [0.25, 0.3) is 0 Å². The van der Waals surface area contributed by atoms with Crippen LogP contribution in [0.15, 0.2) is 12.2 Å². The Labute approximate surface area is 124 Å². The summed E-state index contributed by atoms with van der Waals surface area (Å²) in [6, 6.07) is 0. The predicted octanol–water partition coefficient (Wildman–Crippen LogP) is 5.49. The monoisotopic (exact) mass is 284 g/mol. The molecule has 0 radical (unpaired) electrons. The van der Waals surface area contributed by atoms with Crippen molar-refractivity contribution in [2.75, 3.05) is 0 Å². The normalized spacial score (nSPS) is 16.8.